The third-order valence-electron chi connectivity index (χ3n) is 15.8. The second-order valence-electron chi connectivity index (χ2n) is 19.8. The largest absolute Gasteiger partial charge is 0.381 e. The van der Waals surface area contributed by atoms with Crippen LogP contribution in [0.2, 0.25) is 0 Å². The summed E-state index contributed by atoms with van der Waals surface area (Å²) in [6.07, 6.45) is 47.0. The van der Waals surface area contributed by atoms with Gasteiger partial charge in [-0.3, -0.25) is 0 Å². The maximum absolute atomic E-state index is 5.38. The normalized spacial score (nSPS) is 32.9. The van der Waals surface area contributed by atoms with Gasteiger partial charge in [-0.2, -0.15) is 0 Å². The van der Waals surface area contributed by atoms with Crippen LogP contribution in [0.1, 0.15) is 154 Å². The van der Waals surface area contributed by atoms with E-state index in [1.165, 1.54) is 154 Å². The summed E-state index contributed by atoms with van der Waals surface area (Å²) in [5.41, 5.74) is 3.68. The average Bonchev–Trinajstić information content (AvgIpc) is 4.04. The van der Waals surface area contributed by atoms with Crippen molar-refractivity contribution in [2.24, 2.45) is 32.5 Å². The number of ether oxygens (including phenoxy) is 6. The summed E-state index contributed by atoms with van der Waals surface area (Å²) >= 11 is 0. The molecule has 12 aliphatic rings. The van der Waals surface area contributed by atoms with Crippen molar-refractivity contribution in [2.75, 3.05) is 79.3 Å². The van der Waals surface area contributed by atoms with Crippen molar-refractivity contribution < 1.29 is 28.4 Å². The molecule has 6 nitrogen and oxygen atoms in total. The molecule has 6 heteroatoms. The van der Waals surface area contributed by atoms with Crippen LogP contribution in [0.3, 0.4) is 0 Å². The number of hydrogen-bond acceptors (Lipinski definition) is 6. The molecule has 6 spiro atoms. The van der Waals surface area contributed by atoms with Crippen molar-refractivity contribution in [2.45, 2.75) is 154 Å². The van der Waals surface area contributed by atoms with Crippen LogP contribution in [0.15, 0.2) is 36.5 Å². The highest BCUT2D eigenvalue weighted by Crippen LogP contribution is 2.47. The highest BCUT2D eigenvalue weighted by Gasteiger charge is 2.41. The van der Waals surface area contributed by atoms with Gasteiger partial charge in [-0.15, -0.1) is 0 Å². The van der Waals surface area contributed by atoms with Gasteiger partial charge >= 0.3 is 0 Å². The lowest BCUT2D eigenvalue weighted by Crippen LogP contribution is -2.39. The molecule has 3 saturated carbocycles. The van der Waals surface area contributed by atoms with Gasteiger partial charge in [0, 0.05) is 55.9 Å². The SMILES string of the molecule is C1=CC2(CC1)CCOC2.C1=CC2(CC1)CCOCC2.C1=CC2(CC1)COC2.C1CCC2(C1)CCOC2.C1CCC2(C1)CCOCC2.C1CCC2(C1)COC2. The van der Waals surface area contributed by atoms with Crippen molar-refractivity contribution in [1.29, 1.82) is 0 Å². The van der Waals surface area contributed by atoms with Crippen molar-refractivity contribution in [3.8, 4) is 0 Å². The molecule has 6 aliphatic heterocycles. The summed E-state index contributed by atoms with van der Waals surface area (Å²) in [5, 5.41) is 0. The second-order valence-corrected chi connectivity index (χ2v) is 19.8. The fraction of sp³-hybridized carbons (Fsp3) is 0.875. The number of allylic oxidation sites excluding steroid dienone is 4. The van der Waals surface area contributed by atoms with E-state index in [1.54, 1.807) is 0 Å². The Bertz CT molecular complexity index is 1150. The lowest BCUT2D eigenvalue weighted by Gasteiger charge is -2.37. The Hall–Kier alpha value is -1.02. The summed E-state index contributed by atoms with van der Waals surface area (Å²) < 4.78 is 31.7. The summed E-state index contributed by atoms with van der Waals surface area (Å²) in [5.74, 6) is 0. The van der Waals surface area contributed by atoms with Crippen molar-refractivity contribution >= 4 is 0 Å². The van der Waals surface area contributed by atoms with E-state index >= 15 is 0 Å². The molecule has 6 aliphatic carbocycles. The number of hydrogen-bond donors (Lipinski definition) is 0. The van der Waals surface area contributed by atoms with Crippen molar-refractivity contribution in [1.82, 2.24) is 0 Å². The summed E-state index contributed by atoms with van der Waals surface area (Å²) in [6, 6.07) is 0. The Kier molecular flexibility index (Phi) is 15.0. The molecular formula is C48H78O6. The Labute approximate surface area is 329 Å². The standard InChI is InChI=1S/C9H16O.C9H14O.C8H14O.C8H12O.C7H12O.C7H10O/c2*1-2-4-9(3-1)5-7-10-8-6-9;2*1-2-4-8(3-1)5-6-9-7-8;2*1-2-4-7(3-1)5-8-6-7/h1-8H2;1,3H,2,4-8H2;1-7H2;1,3H,2,4-7H2;1-6H2;1,3H,2,4-6H2. The molecule has 1 unspecified atom stereocenters. The molecular weight excluding hydrogens is 673 g/mol. The first-order valence-electron chi connectivity index (χ1n) is 23.0. The van der Waals surface area contributed by atoms with E-state index in [2.05, 4.69) is 36.5 Å². The fourth-order valence-electron chi connectivity index (χ4n) is 11.5. The van der Waals surface area contributed by atoms with Crippen LogP contribution in [0.5, 0.6) is 0 Å². The zero-order valence-corrected chi connectivity index (χ0v) is 34.4. The molecule has 9 fully saturated rings. The molecule has 0 aromatic heterocycles. The Morgan fingerprint density at radius 2 is 0.630 bits per heavy atom. The predicted molar refractivity (Wildman–Crippen MR) is 218 cm³/mol. The van der Waals surface area contributed by atoms with E-state index in [-0.39, 0.29) is 0 Å². The lowest BCUT2D eigenvalue weighted by atomic mass is 9.79. The quantitative estimate of drug-likeness (QED) is 0.230. The zero-order chi connectivity index (χ0) is 36.9. The molecule has 0 aromatic rings. The van der Waals surface area contributed by atoms with Gasteiger partial charge in [0.1, 0.15) is 0 Å². The van der Waals surface area contributed by atoms with Gasteiger partial charge in [0.2, 0.25) is 0 Å². The maximum Gasteiger partial charge on any atom is 0.0579 e. The lowest BCUT2D eigenvalue weighted by molar-refractivity contribution is -0.108. The Morgan fingerprint density at radius 3 is 1.02 bits per heavy atom. The first-order valence-corrected chi connectivity index (χ1v) is 23.0. The van der Waals surface area contributed by atoms with Crippen LogP contribution in [0, 0.1) is 32.5 Å². The molecule has 0 amide bonds. The van der Waals surface area contributed by atoms with Gasteiger partial charge in [-0.1, -0.05) is 75.0 Å². The predicted octanol–water partition coefficient (Wildman–Crippen LogP) is 11.1. The molecule has 0 aromatic carbocycles. The van der Waals surface area contributed by atoms with Crippen LogP contribution in [0.4, 0.5) is 0 Å². The minimum atomic E-state index is 0.486. The third-order valence-corrected chi connectivity index (χ3v) is 15.8. The molecule has 12 rings (SSSR count). The summed E-state index contributed by atoms with van der Waals surface area (Å²) in [6.45, 7) is 12.1. The van der Waals surface area contributed by atoms with E-state index < -0.39 is 0 Å². The second kappa shape index (κ2) is 19.6. The maximum atomic E-state index is 5.38. The van der Waals surface area contributed by atoms with Crippen LogP contribution in [-0.4, -0.2) is 79.3 Å². The third kappa shape index (κ3) is 11.1. The van der Waals surface area contributed by atoms with E-state index in [1.807, 2.05) is 0 Å². The van der Waals surface area contributed by atoms with Crippen molar-refractivity contribution in [3.05, 3.63) is 36.5 Å². The summed E-state index contributed by atoms with van der Waals surface area (Å²) in [4.78, 5) is 0. The van der Waals surface area contributed by atoms with Crippen LogP contribution < -0.4 is 0 Å². The topological polar surface area (TPSA) is 55.4 Å². The van der Waals surface area contributed by atoms with E-state index in [0.29, 0.717) is 27.1 Å². The molecule has 0 bridgehead atoms. The highest BCUT2D eigenvalue weighted by molar-refractivity contribution is 5.10. The first kappa shape index (κ1) is 41.2. The first-order chi connectivity index (χ1) is 26.5. The highest BCUT2D eigenvalue weighted by atomic mass is 16.5. The van der Waals surface area contributed by atoms with E-state index in [0.717, 1.165) is 84.7 Å². The summed E-state index contributed by atoms with van der Waals surface area (Å²) in [7, 11) is 0. The van der Waals surface area contributed by atoms with Crippen LogP contribution in [0.25, 0.3) is 0 Å². The van der Waals surface area contributed by atoms with Gasteiger partial charge in [-0.25, -0.2) is 0 Å². The average molecular weight is 751 g/mol. The van der Waals surface area contributed by atoms with Crippen LogP contribution >= 0.6 is 0 Å². The van der Waals surface area contributed by atoms with E-state index in [9.17, 15) is 0 Å². The molecule has 0 N–H and O–H groups in total. The van der Waals surface area contributed by atoms with E-state index in [4.69, 9.17) is 28.4 Å². The Balaban J connectivity index is 0.000000100. The number of rotatable bonds is 0. The van der Waals surface area contributed by atoms with Crippen molar-refractivity contribution in [3.63, 3.8) is 0 Å². The fourth-order valence-corrected chi connectivity index (χ4v) is 11.5. The Morgan fingerprint density at radius 1 is 0.259 bits per heavy atom. The molecule has 6 heterocycles. The molecule has 1 atom stereocenters. The molecule has 0 radical (unpaired) electrons. The zero-order valence-electron chi connectivity index (χ0n) is 34.4. The van der Waals surface area contributed by atoms with Gasteiger partial charge in [0.25, 0.3) is 0 Å². The smallest absolute Gasteiger partial charge is 0.0579 e. The minimum absolute atomic E-state index is 0.486. The van der Waals surface area contributed by atoms with Gasteiger partial charge in [0.15, 0.2) is 0 Å². The minimum Gasteiger partial charge on any atom is -0.381 e. The molecule has 54 heavy (non-hydrogen) atoms. The van der Waals surface area contributed by atoms with Crippen LogP contribution in [-0.2, 0) is 28.4 Å². The van der Waals surface area contributed by atoms with Gasteiger partial charge < -0.3 is 28.4 Å². The van der Waals surface area contributed by atoms with Gasteiger partial charge in [-0.05, 0) is 132 Å². The van der Waals surface area contributed by atoms with Gasteiger partial charge in [0.05, 0.1) is 39.6 Å². The molecule has 6 saturated heterocycles. The monoisotopic (exact) mass is 751 g/mol. The molecule has 306 valence electrons.